The summed E-state index contributed by atoms with van der Waals surface area (Å²) >= 11 is 0. The highest BCUT2D eigenvalue weighted by Crippen LogP contribution is 2.58. The van der Waals surface area contributed by atoms with E-state index in [1.54, 1.807) is 0 Å². The van der Waals surface area contributed by atoms with Crippen LogP contribution in [-0.4, -0.2) is 12.6 Å². The second kappa shape index (κ2) is 3.48. The highest BCUT2D eigenvalue weighted by molar-refractivity contribution is 5.81. The second-order valence-electron chi connectivity index (χ2n) is 4.37. The van der Waals surface area contributed by atoms with Crippen molar-refractivity contribution in [1.82, 2.24) is 0 Å². The molecule has 0 bridgehead atoms. The van der Waals surface area contributed by atoms with Gasteiger partial charge in [-0.25, -0.2) is 0 Å². The molecule has 3 rings (SSSR count). The van der Waals surface area contributed by atoms with Crippen molar-refractivity contribution in [1.29, 1.82) is 0 Å². The minimum absolute atomic E-state index is 0.0427. The summed E-state index contributed by atoms with van der Waals surface area (Å²) < 4.78 is 5.10. The molecule has 2 aliphatic carbocycles. The van der Waals surface area contributed by atoms with Gasteiger partial charge in [-0.05, 0) is 24.0 Å². The first-order chi connectivity index (χ1) is 7.83. The number of carbonyl (C=O) groups excluding carboxylic acids is 1. The molecule has 3 atom stereocenters. The zero-order valence-corrected chi connectivity index (χ0v) is 9.22. The van der Waals surface area contributed by atoms with Crippen LogP contribution >= 0.6 is 0 Å². The quantitative estimate of drug-likeness (QED) is 0.707. The van der Waals surface area contributed by atoms with Gasteiger partial charge in [-0.2, -0.15) is 0 Å². The van der Waals surface area contributed by atoms with E-state index >= 15 is 0 Å². The predicted molar refractivity (Wildman–Crippen MR) is 61.8 cm³/mol. The van der Waals surface area contributed by atoms with Crippen LogP contribution in [0.4, 0.5) is 0 Å². The Morgan fingerprint density at radius 3 is 3.00 bits per heavy atom. The van der Waals surface area contributed by atoms with Gasteiger partial charge in [-0.15, -0.1) is 0 Å². The number of hydrogen-bond donors (Lipinski definition) is 0. The normalized spacial score (nSPS) is 29.2. The van der Waals surface area contributed by atoms with Crippen molar-refractivity contribution in [2.24, 2.45) is 11.8 Å². The molecule has 2 heteroatoms. The number of carbonyl (C=O) groups is 1. The minimum atomic E-state index is -0.0427. The average molecular weight is 214 g/mol. The van der Waals surface area contributed by atoms with Crippen molar-refractivity contribution in [3.8, 4) is 0 Å². The fraction of sp³-hybridized carbons (Fsp3) is 0.357. The van der Waals surface area contributed by atoms with E-state index in [0.29, 0.717) is 18.4 Å². The van der Waals surface area contributed by atoms with Crippen molar-refractivity contribution in [3.63, 3.8) is 0 Å². The molecule has 0 aromatic heterocycles. The van der Waals surface area contributed by atoms with Crippen LogP contribution in [-0.2, 0) is 9.53 Å². The van der Waals surface area contributed by atoms with Crippen LogP contribution in [0.2, 0.25) is 0 Å². The lowest BCUT2D eigenvalue weighted by Gasteiger charge is -2.07. The largest absolute Gasteiger partial charge is 0.466 e. The molecule has 0 heterocycles. The summed E-state index contributed by atoms with van der Waals surface area (Å²) in [6.45, 7) is 2.33. The van der Waals surface area contributed by atoms with Crippen LogP contribution in [0.1, 0.15) is 24.0 Å². The molecule has 0 saturated heterocycles. The fourth-order valence-electron chi connectivity index (χ4n) is 2.70. The van der Waals surface area contributed by atoms with E-state index in [-0.39, 0.29) is 11.9 Å². The summed E-state index contributed by atoms with van der Waals surface area (Å²) in [7, 11) is 0. The lowest BCUT2D eigenvalue weighted by atomic mass is 9.97. The Morgan fingerprint density at radius 2 is 2.19 bits per heavy atom. The van der Waals surface area contributed by atoms with Gasteiger partial charge in [0.25, 0.3) is 0 Å². The summed E-state index contributed by atoms with van der Waals surface area (Å²) in [6, 6.07) is 8.29. The molecular formula is C14H14O2. The molecule has 0 N–H and O–H groups in total. The Kier molecular flexibility index (Phi) is 2.10. The van der Waals surface area contributed by atoms with Gasteiger partial charge in [0.05, 0.1) is 12.5 Å². The van der Waals surface area contributed by atoms with Crippen LogP contribution < -0.4 is 0 Å². The number of rotatable bonds is 2. The van der Waals surface area contributed by atoms with E-state index in [2.05, 4.69) is 24.3 Å². The van der Waals surface area contributed by atoms with Gasteiger partial charge in [0, 0.05) is 5.92 Å². The Morgan fingerprint density at radius 1 is 1.38 bits per heavy atom. The number of benzene rings is 1. The Balaban J connectivity index is 1.89. The third-order valence-electron chi connectivity index (χ3n) is 3.49. The van der Waals surface area contributed by atoms with E-state index in [1.807, 2.05) is 19.1 Å². The Bertz CT molecular complexity index is 462. The molecule has 1 aromatic carbocycles. The standard InChI is InChI=1S/C14H14O2/c1-2-16-14(15)13-11-8-7-9-5-3-4-6-10(9)12(11)13/h3-8,11-13H,2H2,1H3/t11-,12+,13+/m0/s1. The number of hydrogen-bond acceptors (Lipinski definition) is 2. The van der Waals surface area contributed by atoms with E-state index in [1.165, 1.54) is 11.1 Å². The molecule has 0 unspecified atom stereocenters. The van der Waals surface area contributed by atoms with E-state index in [9.17, 15) is 4.79 Å². The molecule has 16 heavy (non-hydrogen) atoms. The zero-order chi connectivity index (χ0) is 11.1. The van der Waals surface area contributed by atoms with Gasteiger partial charge in [-0.1, -0.05) is 36.4 Å². The van der Waals surface area contributed by atoms with E-state index in [4.69, 9.17) is 4.74 Å². The average Bonchev–Trinajstić information content (AvgIpc) is 3.04. The molecule has 0 radical (unpaired) electrons. The lowest BCUT2D eigenvalue weighted by molar-refractivity contribution is -0.145. The number of fused-ring (bicyclic) bond motifs is 3. The van der Waals surface area contributed by atoms with Gasteiger partial charge in [0.15, 0.2) is 0 Å². The third kappa shape index (κ3) is 1.29. The minimum Gasteiger partial charge on any atom is -0.466 e. The summed E-state index contributed by atoms with van der Waals surface area (Å²) in [6.07, 6.45) is 4.27. The first-order valence-corrected chi connectivity index (χ1v) is 5.76. The van der Waals surface area contributed by atoms with Crippen molar-refractivity contribution in [2.75, 3.05) is 6.61 Å². The molecule has 2 aliphatic rings. The van der Waals surface area contributed by atoms with Crippen LogP contribution in [0.5, 0.6) is 0 Å². The van der Waals surface area contributed by atoms with Gasteiger partial charge in [-0.3, -0.25) is 4.79 Å². The van der Waals surface area contributed by atoms with Crippen molar-refractivity contribution in [3.05, 3.63) is 41.5 Å². The van der Waals surface area contributed by atoms with Gasteiger partial charge in [0.1, 0.15) is 0 Å². The van der Waals surface area contributed by atoms with Gasteiger partial charge < -0.3 is 4.74 Å². The lowest BCUT2D eigenvalue weighted by Crippen LogP contribution is -2.07. The monoisotopic (exact) mass is 214 g/mol. The molecule has 2 nitrogen and oxygen atoms in total. The molecule has 1 saturated carbocycles. The molecule has 82 valence electrons. The highest BCUT2D eigenvalue weighted by atomic mass is 16.5. The summed E-state index contributed by atoms with van der Waals surface area (Å²) in [5.41, 5.74) is 2.55. The molecule has 0 amide bonds. The molecule has 0 aliphatic heterocycles. The Labute approximate surface area is 94.9 Å². The van der Waals surface area contributed by atoms with Crippen molar-refractivity contribution >= 4 is 12.0 Å². The number of allylic oxidation sites excluding steroid dienone is 1. The maximum absolute atomic E-state index is 11.7. The topological polar surface area (TPSA) is 26.3 Å². The molecule has 1 fully saturated rings. The van der Waals surface area contributed by atoms with Crippen molar-refractivity contribution in [2.45, 2.75) is 12.8 Å². The van der Waals surface area contributed by atoms with Gasteiger partial charge in [0.2, 0.25) is 0 Å². The van der Waals surface area contributed by atoms with E-state index < -0.39 is 0 Å². The van der Waals surface area contributed by atoms with Gasteiger partial charge >= 0.3 is 5.97 Å². The van der Waals surface area contributed by atoms with Crippen LogP contribution in [0, 0.1) is 11.8 Å². The maximum Gasteiger partial charge on any atom is 0.310 e. The Hall–Kier alpha value is -1.57. The maximum atomic E-state index is 11.7. The molecule has 1 aromatic rings. The second-order valence-corrected chi connectivity index (χ2v) is 4.37. The van der Waals surface area contributed by atoms with Crippen LogP contribution in [0.3, 0.4) is 0 Å². The molecule has 0 spiro atoms. The fourth-order valence-corrected chi connectivity index (χ4v) is 2.70. The number of esters is 1. The van der Waals surface area contributed by atoms with Crippen LogP contribution in [0.25, 0.3) is 6.08 Å². The number of ether oxygens (including phenoxy) is 1. The summed E-state index contributed by atoms with van der Waals surface area (Å²) in [4.78, 5) is 11.7. The van der Waals surface area contributed by atoms with Crippen molar-refractivity contribution < 1.29 is 9.53 Å². The molecular weight excluding hydrogens is 200 g/mol. The zero-order valence-electron chi connectivity index (χ0n) is 9.22. The summed E-state index contributed by atoms with van der Waals surface area (Å²) in [5, 5.41) is 0. The highest BCUT2D eigenvalue weighted by Gasteiger charge is 2.56. The smallest absolute Gasteiger partial charge is 0.310 e. The van der Waals surface area contributed by atoms with E-state index in [0.717, 1.165) is 0 Å². The summed E-state index contributed by atoms with van der Waals surface area (Å²) in [5.74, 6) is 0.743. The SMILES string of the molecule is CCOC(=O)[C@@H]1[C@H]2C=Cc3ccccc3[C@H]21. The predicted octanol–water partition coefficient (Wildman–Crippen LogP) is 2.61. The van der Waals surface area contributed by atoms with Crippen LogP contribution in [0.15, 0.2) is 30.3 Å². The first-order valence-electron chi connectivity index (χ1n) is 5.76. The third-order valence-corrected chi connectivity index (χ3v) is 3.49. The first kappa shape index (κ1) is 9.64.